The monoisotopic (exact) mass is 466 g/mol. The molecule has 7 nitrogen and oxygen atoms in total. The van der Waals surface area contributed by atoms with Crippen molar-refractivity contribution in [1.82, 2.24) is 9.80 Å². The largest absolute Gasteiger partial charge is 0.445 e. The lowest BCUT2D eigenvalue weighted by atomic mass is 10.1. The number of ether oxygens (including phenoxy) is 1. The number of carbonyl (C=O) groups is 2. The van der Waals surface area contributed by atoms with E-state index in [-0.39, 0.29) is 49.0 Å². The minimum absolute atomic E-state index is 0.185. The van der Waals surface area contributed by atoms with Gasteiger partial charge in [-0.3, -0.25) is 9.59 Å². The molecule has 1 aliphatic heterocycles. The first kappa shape index (κ1) is 21.0. The Labute approximate surface area is 179 Å². The molecule has 0 spiro atoms. The van der Waals surface area contributed by atoms with Crippen LogP contribution in [0.1, 0.15) is 10.4 Å². The zero-order valence-corrected chi connectivity index (χ0v) is 17.3. The first-order valence-electron chi connectivity index (χ1n) is 8.16. The zero-order valence-electron chi connectivity index (χ0n) is 14.3. The fraction of sp³-hybridized carbons (Fsp3) is 0.353. The number of carbonyl (C=O) groups excluding carboxylic acids is 2. The lowest BCUT2D eigenvalue weighted by Crippen LogP contribution is -2.51. The molecule has 0 N–H and O–H groups in total. The number of rotatable bonds is 2. The van der Waals surface area contributed by atoms with Crippen molar-refractivity contribution in [2.75, 3.05) is 32.8 Å². The van der Waals surface area contributed by atoms with Crippen molar-refractivity contribution >= 4 is 69.4 Å². The average molecular weight is 468 g/mol. The molecule has 3 rings (SSSR count). The molecule has 1 fully saturated rings. The highest BCUT2D eigenvalue weighted by Crippen LogP contribution is 2.26. The van der Waals surface area contributed by atoms with Crippen molar-refractivity contribution < 1.29 is 18.7 Å². The van der Waals surface area contributed by atoms with E-state index < -0.39 is 21.2 Å². The van der Waals surface area contributed by atoms with Gasteiger partial charge in [0.05, 0.1) is 5.39 Å². The number of benzene rings is 1. The van der Waals surface area contributed by atoms with Gasteiger partial charge in [-0.1, -0.05) is 46.9 Å². The highest BCUT2D eigenvalue weighted by molar-refractivity contribution is 6.67. The van der Waals surface area contributed by atoms with E-state index in [1.165, 1.54) is 9.80 Å². The number of fused-ring (bicyclic) bond motifs is 1. The van der Waals surface area contributed by atoms with E-state index in [9.17, 15) is 14.4 Å². The lowest BCUT2D eigenvalue weighted by Gasteiger charge is -2.34. The zero-order chi connectivity index (χ0) is 20.5. The van der Waals surface area contributed by atoms with Crippen LogP contribution in [0.2, 0.25) is 5.22 Å². The molecule has 150 valence electrons. The second-order valence-corrected chi connectivity index (χ2v) is 8.88. The number of nitrogens with zero attached hydrogens (tertiary/aromatic N) is 2. The van der Waals surface area contributed by atoms with E-state index in [4.69, 9.17) is 55.6 Å². The maximum atomic E-state index is 12.8. The Morgan fingerprint density at radius 1 is 1.07 bits per heavy atom. The van der Waals surface area contributed by atoms with Crippen molar-refractivity contribution in [2.24, 2.45) is 0 Å². The number of hydrogen-bond acceptors (Lipinski definition) is 5. The Hall–Kier alpha value is -1.67. The molecule has 1 aromatic carbocycles. The smallest absolute Gasteiger partial charge is 0.410 e. The Balaban J connectivity index is 1.70. The number of para-hydroxylation sites is 1. The highest BCUT2D eigenvalue weighted by Gasteiger charge is 2.30. The number of piperazine rings is 1. The van der Waals surface area contributed by atoms with Crippen LogP contribution in [0.5, 0.6) is 0 Å². The van der Waals surface area contributed by atoms with E-state index in [1.54, 1.807) is 24.3 Å². The molecule has 1 saturated heterocycles. The SMILES string of the molecule is O=C(OCC(Cl)(Cl)Cl)N1CCN(C(=O)c2c(Cl)oc3ccccc3c2=O)CC1. The van der Waals surface area contributed by atoms with Crippen LogP contribution < -0.4 is 5.43 Å². The summed E-state index contributed by atoms with van der Waals surface area (Å²) in [6, 6.07) is 6.53. The van der Waals surface area contributed by atoms with Crippen LogP contribution in [0.3, 0.4) is 0 Å². The number of alkyl halides is 3. The quantitative estimate of drug-likeness (QED) is 0.629. The Morgan fingerprint density at radius 3 is 2.32 bits per heavy atom. The third-order valence-corrected chi connectivity index (χ3v) is 4.75. The summed E-state index contributed by atoms with van der Waals surface area (Å²) in [6.07, 6.45) is -0.651. The predicted octanol–water partition coefficient (Wildman–Crippen LogP) is 3.71. The van der Waals surface area contributed by atoms with Gasteiger partial charge in [0.25, 0.3) is 5.91 Å². The summed E-state index contributed by atoms with van der Waals surface area (Å²) in [5.74, 6) is -0.557. The normalized spacial score (nSPS) is 15.0. The number of halogens is 4. The molecule has 0 atom stereocenters. The van der Waals surface area contributed by atoms with Crippen LogP contribution in [0.25, 0.3) is 11.0 Å². The van der Waals surface area contributed by atoms with E-state index in [0.29, 0.717) is 5.58 Å². The van der Waals surface area contributed by atoms with Crippen LogP contribution in [-0.4, -0.2) is 58.4 Å². The van der Waals surface area contributed by atoms with Gasteiger partial charge in [0.15, 0.2) is 0 Å². The van der Waals surface area contributed by atoms with E-state index in [2.05, 4.69) is 0 Å². The predicted molar refractivity (Wildman–Crippen MR) is 107 cm³/mol. The van der Waals surface area contributed by atoms with E-state index in [1.807, 2.05) is 0 Å². The fourth-order valence-electron chi connectivity index (χ4n) is 2.78. The van der Waals surface area contributed by atoms with Gasteiger partial charge >= 0.3 is 6.09 Å². The molecule has 2 heterocycles. The molecule has 0 bridgehead atoms. The molecule has 0 unspecified atom stereocenters. The topological polar surface area (TPSA) is 80.1 Å². The molecule has 0 radical (unpaired) electrons. The van der Waals surface area contributed by atoms with Crippen molar-refractivity contribution in [2.45, 2.75) is 3.79 Å². The van der Waals surface area contributed by atoms with Gasteiger partial charge in [-0.15, -0.1) is 0 Å². The molecular formula is C17H14Cl4N2O5. The summed E-state index contributed by atoms with van der Waals surface area (Å²) < 4.78 is 8.62. The Morgan fingerprint density at radius 2 is 1.68 bits per heavy atom. The Bertz CT molecular complexity index is 964. The molecule has 0 saturated carbocycles. The first-order chi connectivity index (χ1) is 13.2. The molecule has 2 aromatic rings. The third kappa shape index (κ3) is 4.66. The van der Waals surface area contributed by atoms with Gasteiger partial charge < -0.3 is 19.0 Å². The second kappa shape index (κ2) is 8.37. The summed E-state index contributed by atoms with van der Waals surface area (Å²) in [4.78, 5) is 40.3. The summed E-state index contributed by atoms with van der Waals surface area (Å²) in [5.41, 5.74) is -0.426. The van der Waals surface area contributed by atoms with Gasteiger partial charge in [0.1, 0.15) is 17.8 Å². The average Bonchev–Trinajstić information content (AvgIpc) is 2.65. The van der Waals surface area contributed by atoms with Gasteiger partial charge in [0, 0.05) is 26.2 Å². The number of amides is 2. The van der Waals surface area contributed by atoms with E-state index in [0.717, 1.165) is 0 Å². The molecule has 11 heteroatoms. The van der Waals surface area contributed by atoms with Crippen molar-refractivity contribution in [1.29, 1.82) is 0 Å². The van der Waals surface area contributed by atoms with Crippen LogP contribution >= 0.6 is 46.4 Å². The van der Waals surface area contributed by atoms with Crippen LogP contribution in [0, 0.1) is 0 Å². The first-order valence-corrected chi connectivity index (χ1v) is 9.67. The maximum absolute atomic E-state index is 12.8. The minimum atomic E-state index is -1.70. The summed E-state index contributed by atoms with van der Waals surface area (Å²) >= 11 is 22.7. The van der Waals surface area contributed by atoms with Gasteiger partial charge in [-0.05, 0) is 23.7 Å². The van der Waals surface area contributed by atoms with Crippen LogP contribution in [0.4, 0.5) is 4.79 Å². The molecule has 28 heavy (non-hydrogen) atoms. The van der Waals surface area contributed by atoms with Crippen LogP contribution in [-0.2, 0) is 4.74 Å². The van der Waals surface area contributed by atoms with Crippen molar-refractivity contribution in [3.05, 3.63) is 45.3 Å². The highest BCUT2D eigenvalue weighted by atomic mass is 35.6. The number of hydrogen-bond donors (Lipinski definition) is 0. The fourth-order valence-corrected chi connectivity index (χ4v) is 3.19. The maximum Gasteiger partial charge on any atom is 0.410 e. The third-order valence-electron chi connectivity index (χ3n) is 4.15. The summed E-state index contributed by atoms with van der Waals surface area (Å²) in [6.45, 7) is 0.375. The molecule has 2 amide bonds. The van der Waals surface area contributed by atoms with Gasteiger partial charge in [-0.25, -0.2) is 4.79 Å². The second-order valence-electron chi connectivity index (χ2n) is 6.03. The Kier molecular flexibility index (Phi) is 6.29. The minimum Gasteiger partial charge on any atom is -0.445 e. The van der Waals surface area contributed by atoms with Crippen molar-refractivity contribution in [3.8, 4) is 0 Å². The molecule has 1 aliphatic rings. The van der Waals surface area contributed by atoms with E-state index >= 15 is 0 Å². The summed E-state index contributed by atoms with van der Waals surface area (Å²) in [5, 5.41) is 0.00221. The van der Waals surface area contributed by atoms with Gasteiger partial charge in [0.2, 0.25) is 14.4 Å². The molecular weight excluding hydrogens is 454 g/mol. The lowest BCUT2D eigenvalue weighted by molar-refractivity contribution is 0.0562. The van der Waals surface area contributed by atoms with Crippen LogP contribution in [0.15, 0.2) is 33.5 Å². The molecule has 1 aromatic heterocycles. The molecule has 0 aliphatic carbocycles. The van der Waals surface area contributed by atoms with Gasteiger partial charge in [-0.2, -0.15) is 0 Å². The standard InChI is InChI=1S/C17H14Cl4N2O5/c18-14-12(13(24)10-3-1-2-4-11(10)28-14)15(25)22-5-7-23(8-6-22)16(26)27-9-17(19,20)21/h1-4H,5-9H2. The summed E-state index contributed by atoms with van der Waals surface area (Å²) in [7, 11) is 0. The van der Waals surface area contributed by atoms with Crippen molar-refractivity contribution in [3.63, 3.8) is 0 Å².